The van der Waals surface area contributed by atoms with Gasteiger partial charge < -0.3 is 10.6 Å². The molecule has 1 aromatic rings. The number of nitrogens with one attached hydrogen (secondary N) is 2. The van der Waals surface area contributed by atoms with Gasteiger partial charge in [0.15, 0.2) is 5.96 Å². The zero-order valence-corrected chi connectivity index (χ0v) is 14.6. The van der Waals surface area contributed by atoms with Crippen molar-refractivity contribution in [2.24, 2.45) is 4.99 Å². The van der Waals surface area contributed by atoms with Crippen LogP contribution < -0.4 is 10.6 Å². The summed E-state index contributed by atoms with van der Waals surface area (Å²) in [7, 11) is 1.67. The molecular formula is C12H19IN4O2S. The highest BCUT2D eigenvalue weighted by Gasteiger charge is 2.12. The van der Waals surface area contributed by atoms with Crippen LogP contribution in [0.2, 0.25) is 0 Å². The molecule has 20 heavy (non-hydrogen) atoms. The van der Waals surface area contributed by atoms with E-state index in [1.165, 1.54) is 6.07 Å². The van der Waals surface area contributed by atoms with Crippen LogP contribution in [0.15, 0.2) is 29.3 Å². The Hall–Kier alpha value is -1.03. The molecule has 0 fully saturated rings. The van der Waals surface area contributed by atoms with Gasteiger partial charge in [-0.1, -0.05) is 18.2 Å². The topological polar surface area (TPSA) is 79.6 Å². The first-order chi connectivity index (χ1) is 9.19. The Morgan fingerprint density at radius 3 is 2.70 bits per heavy atom. The first-order valence-corrected chi connectivity index (χ1v) is 7.24. The highest BCUT2D eigenvalue weighted by molar-refractivity contribution is 14.0. The number of guanidine groups is 1. The van der Waals surface area contributed by atoms with E-state index in [0.29, 0.717) is 18.1 Å². The Bertz CT molecular complexity index is 457. The van der Waals surface area contributed by atoms with Gasteiger partial charge in [-0.2, -0.15) is 11.8 Å². The van der Waals surface area contributed by atoms with Crippen LogP contribution >= 0.6 is 35.7 Å². The van der Waals surface area contributed by atoms with Gasteiger partial charge in [-0.05, 0) is 6.26 Å². The quantitative estimate of drug-likeness (QED) is 0.188. The molecule has 8 heteroatoms. The van der Waals surface area contributed by atoms with Crippen LogP contribution in [0.3, 0.4) is 0 Å². The summed E-state index contributed by atoms with van der Waals surface area (Å²) in [5.41, 5.74) is 0.759. The molecule has 0 saturated carbocycles. The van der Waals surface area contributed by atoms with Gasteiger partial charge in [-0.3, -0.25) is 15.1 Å². The Balaban J connectivity index is 0.00000361. The maximum Gasteiger partial charge on any atom is 0.274 e. The number of benzene rings is 1. The minimum Gasteiger partial charge on any atom is -0.356 e. The van der Waals surface area contributed by atoms with Crippen molar-refractivity contribution in [2.45, 2.75) is 6.54 Å². The number of halogens is 1. The maximum absolute atomic E-state index is 10.9. The highest BCUT2D eigenvalue weighted by Crippen LogP contribution is 2.16. The van der Waals surface area contributed by atoms with Gasteiger partial charge in [0.2, 0.25) is 0 Å². The fraction of sp³-hybridized carbons (Fsp3) is 0.417. The summed E-state index contributed by atoms with van der Waals surface area (Å²) in [6.07, 6.45) is 2.03. The van der Waals surface area contributed by atoms with Crippen molar-refractivity contribution < 1.29 is 4.92 Å². The fourth-order valence-electron chi connectivity index (χ4n) is 1.51. The SMILES string of the molecule is CN=C(NCCSC)NCc1ccccc1[N+](=O)[O-].I. The number of nitro benzene ring substituents is 1. The molecule has 6 nitrogen and oxygen atoms in total. The van der Waals surface area contributed by atoms with E-state index in [0.717, 1.165) is 12.3 Å². The third-order valence-electron chi connectivity index (χ3n) is 2.46. The average Bonchev–Trinajstić information content (AvgIpc) is 2.43. The van der Waals surface area contributed by atoms with Crippen molar-refractivity contribution in [3.63, 3.8) is 0 Å². The predicted octanol–water partition coefficient (Wildman–Crippen LogP) is 2.24. The lowest BCUT2D eigenvalue weighted by Crippen LogP contribution is -2.38. The van der Waals surface area contributed by atoms with Crippen LogP contribution in [0, 0.1) is 10.1 Å². The predicted molar refractivity (Wildman–Crippen MR) is 95.1 cm³/mol. The van der Waals surface area contributed by atoms with Crippen LogP contribution in [0.5, 0.6) is 0 Å². The third kappa shape index (κ3) is 6.42. The van der Waals surface area contributed by atoms with Crippen molar-refractivity contribution >= 4 is 47.4 Å². The highest BCUT2D eigenvalue weighted by atomic mass is 127. The first-order valence-electron chi connectivity index (χ1n) is 5.84. The molecule has 0 aromatic heterocycles. The van der Waals surface area contributed by atoms with E-state index >= 15 is 0 Å². The molecule has 0 aliphatic heterocycles. The number of para-hydroxylation sites is 1. The normalized spacial score (nSPS) is 10.6. The Morgan fingerprint density at radius 1 is 1.40 bits per heavy atom. The largest absolute Gasteiger partial charge is 0.356 e. The van der Waals surface area contributed by atoms with Crippen LogP contribution in [-0.4, -0.2) is 36.5 Å². The number of aliphatic imine (C=N–C) groups is 1. The van der Waals surface area contributed by atoms with E-state index in [1.54, 1.807) is 37.0 Å². The molecule has 1 rings (SSSR count). The van der Waals surface area contributed by atoms with Gasteiger partial charge in [0.25, 0.3) is 5.69 Å². The van der Waals surface area contributed by atoms with E-state index in [2.05, 4.69) is 15.6 Å². The molecule has 0 amide bonds. The second kappa shape index (κ2) is 10.7. The molecule has 0 aliphatic carbocycles. The fourth-order valence-corrected chi connectivity index (χ4v) is 1.82. The van der Waals surface area contributed by atoms with Gasteiger partial charge in [0.1, 0.15) is 0 Å². The first kappa shape index (κ1) is 19.0. The Morgan fingerprint density at radius 2 is 2.10 bits per heavy atom. The molecule has 112 valence electrons. The molecule has 0 bridgehead atoms. The number of hydrogen-bond acceptors (Lipinski definition) is 4. The zero-order chi connectivity index (χ0) is 14.1. The van der Waals surface area contributed by atoms with Gasteiger partial charge in [0.05, 0.1) is 4.92 Å². The minimum atomic E-state index is -0.374. The molecule has 0 spiro atoms. The average molecular weight is 410 g/mol. The van der Waals surface area contributed by atoms with Crippen LogP contribution in [0.4, 0.5) is 5.69 Å². The van der Waals surface area contributed by atoms with E-state index in [-0.39, 0.29) is 34.6 Å². The van der Waals surface area contributed by atoms with Crippen LogP contribution in [0.25, 0.3) is 0 Å². The summed E-state index contributed by atoms with van der Waals surface area (Å²) < 4.78 is 0. The lowest BCUT2D eigenvalue weighted by atomic mass is 10.2. The van der Waals surface area contributed by atoms with Crippen molar-refractivity contribution in [2.75, 3.05) is 25.6 Å². The minimum absolute atomic E-state index is 0. The molecule has 0 heterocycles. The molecule has 0 atom stereocenters. The summed E-state index contributed by atoms with van der Waals surface area (Å²) in [5.74, 6) is 1.62. The monoisotopic (exact) mass is 410 g/mol. The summed E-state index contributed by atoms with van der Waals surface area (Å²) in [4.78, 5) is 14.6. The smallest absolute Gasteiger partial charge is 0.274 e. The van der Waals surface area contributed by atoms with Crippen molar-refractivity contribution in [3.8, 4) is 0 Å². The van der Waals surface area contributed by atoms with E-state index < -0.39 is 0 Å². The van der Waals surface area contributed by atoms with Gasteiger partial charge in [0, 0.05) is 37.5 Å². The summed E-state index contributed by atoms with van der Waals surface area (Å²) >= 11 is 1.74. The molecular weight excluding hydrogens is 391 g/mol. The lowest BCUT2D eigenvalue weighted by Gasteiger charge is -2.11. The summed E-state index contributed by atoms with van der Waals surface area (Å²) in [6, 6.07) is 6.68. The molecule has 0 unspecified atom stereocenters. The number of hydrogen-bond donors (Lipinski definition) is 2. The standard InChI is InChI=1S/C12H18N4O2S.HI/c1-13-12(14-7-8-19-2)15-9-10-5-3-4-6-11(10)16(17)18;/h3-6H,7-9H2,1-2H3,(H2,13,14,15);1H. The van der Waals surface area contributed by atoms with Crippen molar-refractivity contribution in [3.05, 3.63) is 39.9 Å². The summed E-state index contributed by atoms with van der Waals surface area (Å²) in [5, 5.41) is 17.1. The summed E-state index contributed by atoms with van der Waals surface area (Å²) in [6.45, 7) is 1.17. The second-order valence-corrected chi connectivity index (χ2v) is 4.72. The molecule has 0 saturated heterocycles. The Labute approximate surface area is 140 Å². The van der Waals surface area contributed by atoms with Crippen molar-refractivity contribution in [1.29, 1.82) is 0 Å². The van der Waals surface area contributed by atoms with Gasteiger partial charge in [-0.25, -0.2) is 0 Å². The number of thioether (sulfide) groups is 1. The van der Waals surface area contributed by atoms with E-state index in [1.807, 2.05) is 6.26 Å². The number of nitrogens with zero attached hydrogens (tertiary/aromatic N) is 2. The molecule has 2 N–H and O–H groups in total. The maximum atomic E-state index is 10.9. The number of rotatable bonds is 6. The van der Waals surface area contributed by atoms with Crippen LogP contribution in [-0.2, 0) is 6.54 Å². The lowest BCUT2D eigenvalue weighted by molar-refractivity contribution is -0.385. The molecule has 0 radical (unpaired) electrons. The molecule has 0 aliphatic rings. The van der Waals surface area contributed by atoms with E-state index in [4.69, 9.17) is 0 Å². The third-order valence-corrected chi connectivity index (χ3v) is 3.07. The number of nitro groups is 1. The van der Waals surface area contributed by atoms with Crippen LogP contribution in [0.1, 0.15) is 5.56 Å². The van der Waals surface area contributed by atoms with Gasteiger partial charge in [-0.15, -0.1) is 24.0 Å². The van der Waals surface area contributed by atoms with Crippen molar-refractivity contribution in [1.82, 2.24) is 10.6 Å². The Kier molecular flexibility index (Phi) is 10.2. The molecule has 1 aromatic carbocycles. The zero-order valence-electron chi connectivity index (χ0n) is 11.5. The van der Waals surface area contributed by atoms with Gasteiger partial charge >= 0.3 is 0 Å². The van der Waals surface area contributed by atoms with E-state index in [9.17, 15) is 10.1 Å². The second-order valence-electron chi connectivity index (χ2n) is 3.73.